The van der Waals surface area contributed by atoms with Crippen molar-refractivity contribution in [1.29, 1.82) is 0 Å². The lowest BCUT2D eigenvalue weighted by Gasteiger charge is -2.07. The van der Waals surface area contributed by atoms with Crippen molar-refractivity contribution < 1.29 is 4.74 Å². The third kappa shape index (κ3) is 1.92. The summed E-state index contributed by atoms with van der Waals surface area (Å²) in [6.07, 6.45) is 0. The smallest absolute Gasteiger partial charge is 0.219 e. The monoisotopic (exact) mass is 198 g/mol. The Morgan fingerprint density at radius 3 is 3.31 bits per heavy atom. The minimum absolute atomic E-state index is 0.355. The Kier molecular flexibility index (Phi) is 2.38. The minimum atomic E-state index is 0.355. The normalized spacial score (nSPS) is 21.5. The van der Waals surface area contributed by atoms with Gasteiger partial charge in [-0.05, 0) is 19.1 Å². The van der Waals surface area contributed by atoms with E-state index < -0.39 is 0 Å². The minimum Gasteiger partial charge on any atom is -0.476 e. The largest absolute Gasteiger partial charge is 0.476 e. The fourth-order valence-electron chi connectivity index (χ4n) is 1.25. The van der Waals surface area contributed by atoms with Gasteiger partial charge in [0.05, 0.1) is 0 Å². The molecule has 1 aliphatic heterocycles. The first-order valence-corrected chi connectivity index (χ1v) is 4.65. The van der Waals surface area contributed by atoms with Crippen LogP contribution in [0.25, 0.3) is 0 Å². The molecule has 1 aromatic rings. The Balaban J connectivity index is 2.30. The molecule has 2 heterocycles. The molecule has 0 amide bonds. The average molecular weight is 199 g/mol. The second-order valence-corrected chi connectivity index (χ2v) is 3.58. The van der Waals surface area contributed by atoms with Gasteiger partial charge in [0.2, 0.25) is 5.88 Å². The molecule has 1 unspecified atom stereocenters. The van der Waals surface area contributed by atoms with Crippen LogP contribution in [0.1, 0.15) is 12.5 Å². The topological polar surface area (TPSA) is 34.1 Å². The summed E-state index contributed by atoms with van der Waals surface area (Å²) in [5, 5.41) is 3.79. The van der Waals surface area contributed by atoms with Crippen LogP contribution < -0.4 is 10.1 Å². The molecule has 0 aliphatic carbocycles. The summed E-state index contributed by atoms with van der Waals surface area (Å²) in [6, 6.07) is 4.07. The van der Waals surface area contributed by atoms with Crippen molar-refractivity contribution in [3.8, 4) is 5.88 Å². The summed E-state index contributed by atoms with van der Waals surface area (Å²) < 4.78 is 5.48. The van der Waals surface area contributed by atoms with Crippen LogP contribution in [0.15, 0.2) is 12.1 Å². The summed E-state index contributed by atoms with van der Waals surface area (Å²) in [6.45, 7) is 3.51. The predicted octanol–water partition coefficient (Wildman–Crippen LogP) is 1.61. The Bertz CT molecular complexity index is 316. The molecule has 0 radical (unpaired) electrons. The zero-order valence-electron chi connectivity index (χ0n) is 7.38. The molecule has 70 valence electrons. The van der Waals surface area contributed by atoms with Crippen LogP contribution >= 0.6 is 11.6 Å². The molecule has 0 bridgehead atoms. The first-order chi connectivity index (χ1) is 6.25. The van der Waals surface area contributed by atoms with Gasteiger partial charge in [-0.2, -0.15) is 0 Å². The number of hydrogen-bond donors (Lipinski definition) is 1. The summed E-state index contributed by atoms with van der Waals surface area (Å²) in [4.78, 5) is 4.11. The van der Waals surface area contributed by atoms with E-state index in [-0.39, 0.29) is 0 Å². The highest BCUT2D eigenvalue weighted by Gasteiger charge is 2.13. The van der Waals surface area contributed by atoms with E-state index in [0.717, 1.165) is 12.1 Å². The van der Waals surface area contributed by atoms with Crippen LogP contribution in [0.4, 0.5) is 0 Å². The second-order valence-electron chi connectivity index (χ2n) is 3.19. The highest BCUT2D eigenvalue weighted by atomic mass is 35.5. The Labute approximate surface area is 82.1 Å². The zero-order valence-corrected chi connectivity index (χ0v) is 8.14. The van der Waals surface area contributed by atoms with Crippen LogP contribution in [0, 0.1) is 0 Å². The van der Waals surface area contributed by atoms with Crippen LogP contribution in [-0.4, -0.2) is 17.6 Å². The summed E-state index contributed by atoms with van der Waals surface area (Å²) in [5.74, 6) is 0.657. The van der Waals surface area contributed by atoms with E-state index in [4.69, 9.17) is 16.3 Å². The number of aromatic nitrogens is 1. The number of pyridine rings is 1. The van der Waals surface area contributed by atoms with Crippen molar-refractivity contribution in [2.24, 2.45) is 0 Å². The molecule has 1 aromatic heterocycles. The van der Waals surface area contributed by atoms with Gasteiger partial charge in [0.15, 0.2) is 0 Å². The molecule has 0 aromatic carbocycles. The molecule has 0 saturated heterocycles. The van der Waals surface area contributed by atoms with E-state index in [1.807, 2.05) is 6.07 Å². The summed E-state index contributed by atoms with van der Waals surface area (Å²) >= 11 is 5.75. The van der Waals surface area contributed by atoms with Crippen molar-refractivity contribution in [3.63, 3.8) is 0 Å². The summed E-state index contributed by atoms with van der Waals surface area (Å²) in [5.41, 5.74) is 1.06. The van der Waals surface area contributed by atoms with E-state index in [0.29, 0.717) is 23.7 Å². The quantitative estimate of drug-likeness (QED) is 0.644. The van der Waals surface area contributed by atoms with Gasteiger partial charge < -0.3 is 10.1 Å². The molecule has 0 spiro atoms. The number of hydrogen-bond acceptors (Lipinski definition) is 3. The van der Waals surface area contributed by atoms with E-state index in [1.165, 1.54) is 0 Å². The van der Waals surface area contributed by atoms with Gasteiger partial charge in [0.25, 0.3) is 0 Å². The van der Waals surface area contributed by atoms with Crippen molar-refractivity contribution in [2.45, 2.75) is 19.5 Å². The lowest BCUT2D eigenvalue weighted by molar-refractivity contribution is 0.278. The molecule has 4 heteroatoms. The number of halogens is 1. The van der Waals surface area contributed by atoms with Gasteiger partial charge in [-0.15, -0.1) is 0 Å². The molecule has 1 atom stereocenters. The average Bonchev–Trinajstić information content (AvgIpc) is 2.29. The fraction of sp³-hybridized carbons (Fsp3) is 0.444. The molecule has 2 rings (SSSR count). The Hall–Kier alpha value is -0.800. The fourth-order valence-corrected chi connectivity index (χ4v) is 1.39. The van der Waals surface area contributed by atoms with Crippen LogP contribution in [-0.2, 0) is 6.54 Å². The van der Waals surface area contributed by atoms with Crippen molar-refractivity contribution in [1.82, 2.24) is 10.3 Å². The maximum Gasteiger partial charge on any atom is 0.219 e. The van der Waals surface area contributed by atoms with Gasteiger partial charge in [0.1, 0.15) is 11.8 Å². The Morgan fingerprint density at radius 1 is 1.62 bits per heavy atom. The lowest BCUT2D eigenvalue weighted by atomic mass is 10.2. The number of nitrogens with one attached hydrogen (secondary N) is 1. The molecule has 13 heavy (non-hydrogen) atoms. The molecule has 1 N–H and O–H groups in total. The number of rotatable bonds is 0. The molecular weight excluding hydrogens is 188 g/mol. The first kappa shape index (κ1) is 8.78. The highest BCUT2D eigenvalue weighted by molar-refractivity contribution is 6.29. The molecular formula is C9H11ClN2O. The maximum absolute atomic E-state index is 5.75. The number of fused-ring (bicyclic) bond motifs is 1. The molecule has 0 fully saturated rings. The standard InChI is InChI=1S/C9H11ClN2O/c1-6-5-13-9-7(4-11-6)2-3-8(10)12-9/h2-3,6,11H,4-5H2,1H3. The number of nitrogens with zero attached hydrogens (tertiary/aromatic N) is 1. The van der Waals surface area contributed by atoms with Crippen molar-refractivity contribution >= 4 is 11.6 Å². The van der Waals surface area contributed by atoms with Gasteiger partial charge in [-0.25, -0.2) is 4.98 Å². The van der Waals surface area contributed by atoms with E-state index in [1.54, 1.807) is 6.07 Å². The third-order valence-electron chi connectivity index (χ3n) is 2.02. The predicted molar refractivity (Wildman–Crippen MR) is 51.0 cm³/mol. The SMILES string of the molecule is CC1COc2nc(Cl)ccc2CN1. The van der Waals surface area contributed by atoms with Crippen LogP contribution in [0.2, 0.25) is 5.15 Å². The van der Waals surface area contributed by atoms with Gasteiger partial charge in [0, 0.05) is 18.2 Å². The third-order valence-corrected chi connectivity index (χ3v) is 2.23. The van der Waals surface area contributed by atoms with E-state index >= 15 is 0 Å². The highest BCUT2D eigenvalue weighted by Crippen LogP contribution is 2.20. The van der Waals surface area contributed by atoms with Crippen molar-refractivity contribution in [2.75, 3.05) is 6.61 Å². The van der Waals surface area contributed by atoms with Gasteiger partial charge in [-0.1, -0.05) is 11.6 Å². The lowest BCUT2D eigenvalue weighted by Crippen LogP contribution is -2.28. The zero-order chi connectivity index (χ0) is 9.26. The molecule has 3 nitrogen and oxygen atoms in total. The van der Waals surface area contributed by atoms with Gasteiger partial charge in [-0.3, -0.25) is 0 Å². The molecule has 1 aliphatic rings. The second kappa shape index (κ2) is 3.52. The van der Waals surface area contributed by atoms with Gasteiger partial charge >= 0.3 is 0 Å². The first-order valence-electron chi connectivity index (χ1n) is 4.27. The van der Waals surface area contributed by atoms with E-state index in [9.17, 15) is 0 Å². The van der Waals surface area contributed by atoms with E-state index in [2.05, 4.69) is 17.2 Å². The summed E-state index contributed by atoms with van der Waals surface area (Å²) in [7, 11) is 0. The van der Waals surface area contributed by atoms with Crippen molar-refractivity contribution in [3.05, 3.63) is 22.8 Å². The maximum atomic E-state index is 5.75. The van der Waals surface area contributed by atoms with Crippen LogP contribution in [0.3, 0.4) is 0 Å². The van der Waals surface area contributed by atoms with Crippen LogP contribution in [0.5, 0.6) is 5.88 Å². The Morgan fingerprint density at radius 2 is 2.46 bits per heavy atom. The molecule has 0 saturated carbocycles. The number of ether oxygens (including phenoxy) is 1.